The van der Waals surface area contributed by atoms with E-state index in [1.54, 1.807) is 26.0 Å². The smallest absolute Gasteiger partial charge is 0.308 e. The van der Waals surface area contributed by atoms with E-state index in [1.807, 2.05) is 24.3 Å². The zero-order chi connectivity index (χ0) is 25.8. The highest BCUT2D eigenvalue weighted by Crippen LogP contribution is 2.25. The predicted octanol–water partition coefficient (Wildman–Crippen LogP) is 2.69. The number of aliphatic carboxylic acids is 1. The summed E-state index contributed by atoms with van der Waals surface area (Å²) < 4.78 is 13.2. The Balaban J connectivity index is 1.70. The average Bonchev–Trinajstić information content (AvgIpc) is 2.82. The topological polar surface area (TPSA) is 141 Å². The van der Waals surface area contributed by atoms with E-state index in [2.05, 4.69) is 20.6 Å². The summed E-state index contributed by atoms with van der Waals surface area (Å²) in [5.74, 6) is -3.99. The van der Waals surface area contributed by atoms with Crippen LogP contribution in [0.3, 0.4) is 0 Å². The number of benzene rings is 2. The van der Waals surface area contributed by atoms with Crippen molar-refractivity contribution in [1.82, 2.24) is 20.6 Å². The molecule has 1 heterocycles. The summed E-state index contributed by atoms with van der Waals surface area (Å²) in [4.78, 5) is 54.2. The van der Waals surface area contributed by atoms with Crippen LogP contribution in [0.5, 0.6) is 0 Å². The number of carboxylic acid groups (broad SMARTS) is 1. The molecule has 1 aromatic heterocycles. The monoisotopic (exact) mass is 480 g/mol. The number of H-pyrrole nitrogens is 1. The summed E-state index contributed by atoms with van der Waals surface area (Å²) in [6, 6.07) is 13.5. The number of rotatable bonds is 8. The van der Waals surface area contributed by atoms with E-state index in [0.717, 1.165) is 22.9 Å². The Morgan fingerprint density at radius 1 is 1.03 bits per heavy atom. The molecule has 0 saturated carbocycles. The number of nitrogens with zero attached hydrogens (tertiary/aromatic N) is 1. The molecule has 0 bridgehead atoms. The SMILES string of the molecule is C[C@@H](CNC(=O)c1ncc(C(=O)NC(C)(C)c2ccc(-c3ccc(F)cc3)cc2)c(=O)[nH]1)C(=O)O. The first-order chi connectivity index (χ1) is 16.5. The number of hydrogen-bond acceptors (Lipinski definition) is 5. The predicted molar refractivity (Wildman–Crippen MR) is 126 cm³/mol. The van der Waals surface area contributed by atoms with Gasteiger partial charge in [0.2, 0.25) is 0 Å². The second-order valence-electron chi connectivity index (χ2n) is 8.59. The van der Waals surface area contributed by atoms with Gasteiger partial charge in [0.1, 0.15) is 11.4 Å². The lowest BCUT2D eigenvalue weighted by atomic mass is 9.92. The summed E-state index contributed by atoms with van der Waals surface area (Å²) in [6.45, 7) is 4.81. The fraction of sp³-hybridized carbons (Fsp3) is 0.240. The molecule has 0 saturated heterocycles. The van der Waals surface area contributed by atoms with Gasteiger partial charge in [0.25, 0.3) is 17.4 Å². The van der Waals surface area contributed by atoms with Crippen molar-refractivity contribution in [1.29, 1.82) is 0 Å². The molecule has 2 amide bonds. The Morgan fingerprint density at radius 3 is 2.14 bits per heavy atom. The number of nitrogens with one attached hydrogen (secondary N) is 3. The molecule has 0 aliphatic rings. The molecule has 0 aliphatic carbocycles. The second-order valence-corrected chi connectivity index (χ2v) is 8.59. The van der Waals surface area contributed by atoms with E-state index in [0.29, 0.717) is 0 Å². The minimum absolute atomic E-state index is 0.145. The third kappa shape index (κ3) is 6.17. The molecular formula is C25H25FN4O5. The lowest BCUT2D eigenvalue weighted by molar-refractivity contribution is -0.140. The van der Waals surface area contributed by atoms with E-state index in [4.69, 9.17) is 5.11 Å². The molecule has 2 aromatic carbocycles. The zero-order valence-corrected chi connectivity index (χ0v) is 19.4. The molecule has 9 nitrogen and oxygen atoms in total. The molecule has 4 N–H and O–H groups in total. The third-order valence-electron chi connectivity index (χ3n) is 5.46. The molecule has 0 fully saturated rings. The van der Waals surface area contributed by atoms with Crippen LogP contribution in [0.2, 0.25) is 0 Å². The number of carbonyl (C=O) groups is 3. The zero-order valence-electron chi connectivity index (χ0n) is 19.4. The number of halogens is 1. The Hall–Kier alpha value is -4.34. The minimum atomic E-state index is -1.08. The van der Waals surface area contributed by atoms with Gasteiger partial charge < -0.3 is 20.7 Å². The quantitative estimate of drug-likeness (QED) is 0.391. The van der Waals surface area contributed by atoms with Crippen molar-refractivity contribution >= 4 is 17.8 Å². The molecule has 1 atom stereocenters. The average molecular weight is 480 g/mol. The standard InChI is InChI=1S/C25H25FN4O5/c1-14(24(34)35)12-28-23(33)20-27-13-19(21(31)29-20)22(32)30-25(2,3)17-8-4-15(5-9-17)16-6-10-18(26)11-7-16/h4-11,13-14H,12H2,1-3H3,(H,28,33)(H,30,32)(H,34,35)(H,27,29,31)/t14-/m0/s1. The largest absolute Gasteiger partial charge is 0.481 e. The van der Waals surface area contributed by atoms with Gasteiger partial charge in [-0.05, 0) is 42.7 Å². The second kappa shape index (κ2) is 10.3. The van der Waals surface area contributed by atoms with Crippen LogP contribution < -0.4 is 16.2 Å². The fourth-order valence-electron chi connectivity index (χ4n) is 3.23. The summed E-state index contributed by atoms with van der Waals surface area (Å²) >= 11 is 0. The van der Waals surface area contributed by atoms with E-state index in [9.17, 15) is 23.6 Å². The van der Waals surface area contributed by atoms with Crippen molar-refractivity contribution in [3.05, 3.63) is 87.9 Å². The lowest BCUT2D eigenvalue weighted by Crippen LogP contribution is -2.43. The molecule has 0 aliphatic heterocycles. The minimum Gasteiger partial charge on any atom is -0.481 e. The molecule has 0 radical (unpaired) electrons. The molecule has 10 heteroatoms. The number of aromatic amines is 1. The summed E-state index contributed by atoms with van der Waals surface area (Å²) in [5.41, 5.74) is 0.549. The van der Waals surface area contributed by atoms with Gasteiger partial charge in [-0.3, -0.25) is 19.2 Å². The van der Waals surface area contributed by atoms with Gasteiger partial charge >= 0.3 is 5.97 Å². The van der Waals surface area contributed by atoms with E-state index in [-0.39, 0.29) is 23.7 Å². The number of aromatic nitrogens is 2. The van der Waals surface area contributed by atoms with Crippen LogP contribution in [0.25, 0.3) is 11.1 Å². The maximum Gasteiger partial charge on any atom is 0.308 e. The van der Waals surface area contributed by atoms with Gasteiger partial charge in [-0.1, -0.05) is 43.3 Å². The van der Waals surface area contributed by atoms with Crippen molar-refractivity contribution in [3.63, 3.8) is 0 Å². The van der Waals surface area contributed by atoms with Crippen molar-refractivity contribution < 1.29 is 23.9 Å². The Bertz CT molecular complexity index is 1300. The number of amides is 2. The van der Waals surface area contributed by atoms with Crippen molar-refractivity contribution in [2.45, 2.75) is 26.3 Å². The fourth-order valence-corrected chi connectivity index (χ4v) is 3.23. The van der Waals surface area contributed by atoms with Crippen LogP contribution >= 0.6 is 0 Å². The summed E-state index contributed by atoms with van der Waals surface area (Å²) in [7, 11) is 0. The highest BCUT2D eigenvalue weighted by Gasteiger charge is 2.25. The van der Waals surface area contributed by atoms with Crippen LogP contribution in [0.15, 0.2) is 59.5 Å². The van der Waals surface area contributed by atoms with Crippen LogP contribution in [-0.2, 0) is 10.3 Å². The van der Waals surface area contributed by atoms with Crippen LogP contribution in [0, 0.1) is 11.7 Å². The summed E-state index contributed by atoms with van der Waals surface area (Å²) in [6.07, 6.45) is 0.997. The van der Waals surface area contributed by atoms with Crippen molar-refractivity contribution in [2.75, 3.05) is 6.54 Å². The molecular weight excluding hydrogens is 455 g/mol. The van der Waals surface area contributed by atoms with Crippen molar-refractivity contribution in [3.8, 4) is 11.1 Å². The van der Waals surface area contributed by atoms with Gasteiger partial charge in [0.05, 0.1) is 11.5 Å². The first-order valence-electron chi connectivity index (χ1n) is 10.8. The molecule has 182 valence electrons. The number of carboxylic acids is 1. The maximum atomic E-state index is 13.2. The normalized spacial score (nSPS) is 12.0. The Labute approximate surface area is 200 Å². The first-order valence-corrected chi connectivity index (χ1v) is 10.8. The molecule has 3 rings (SSSR count). The third-order valence-corrected chi connectivity index (χ3v) is 5.46. The van der Waals surface area contributed by atoms with Crippen LogP contribution in [0.1, 0.15) is 47.3 Å². The van der Waals surface area contributed by atoms with Crippen LogP contribution in [-0.4, -0.2) is 39.4 Å². The van der Waals surface area contributed by atoms with E-state index >= 15 is 0 Å². The highest BCUT2D eigenvalue weighted by atomic mass is 19.1. The maximum absolute atomic E-state index is 13.2. The van der Waals surface area contributed by atoms with E-state index < -0.39 is 34.8 Å². The first kappa shape index (κ1) is 25.3. The van der Waals surface area contributed by atoms with Crippen LogP contribution in [0.4, 0.5) is 4.39 Å². The van der Waals surface area contributed by atoms with Crippen molar-refractivity contribution in [2.24, 2.45) is 5.92 Å². The Morgan fingerprint density at radius 2 is 1.60 bits per heavy atom. The molecule has 35 heavy (non-hydrogen) atoms. The van der Waals surface area contributed by atoms with E-state index in [1.165, 1.54) is 19.1 Å². The van der Waals surface area contributed by atoms with Gasteiger partial charge in [-0.15, -0.1) is 0 Å². The van der Waals surface area contributed by atoms with Gasteiger partial charge in [-0.2, -0.15) is 0 Å². The molecule has 3 aromatic rings. The number of hydrogen-bond donors (Lipinski definition) is 4. The highest BCUT2D eigenvalue weighted by molar-refractivity contribution is 5.95. The number of carbonyl (C=O) groups excluding carboxylic acids is 2. The van der Waals surface area contributed by atoms with Gasteiger partial charge in [-0.25, -0.2) is 9.37 Å². The Kier molecular flexibility index (Phi) is 7.43. The molecule has 0 spiro atoms. The molecule has 0 unspecified atom stereocenters. The lowest BCUT2D eigenvalue weighted by Gasteiger charge is -2.27. The van der Waals surface area contributed by atoms with Gasteiger partial charge in [0, 0.05) is 12.7 Å². The van der Waals surface area contributed by atoms with Gasteiger partial charge in [0.15, 0.2) is 5.82 Å². The summed E-state index contributed by atoms with van der Waals surface area (Å²) in [5, 5.41) is 14.0.